The van der Waals surface area contributed by atoms with Gasteiger partial charge in [-0.25, -0.2) is 0 Å². The smallest absolute Gasteiger partial charge is 0.276 e. The van der Waals surface area contributed by atoms with Crippen LogP contribution in [0.15, 0.2) is 24.4 Å². The summed E-state index contributed by atoms with van der Waals surface area (Å²) in [5.41, 5.74) is 9.33. The molecule has 0 saturated carbocycles. The summed E-state index contributed by atoms with van der Waals surface area (Å²) in [7, 11) is 1.77. The topological polar surface area (TPSA) is 77.0 Å². The molecule has 21 heavy (non-hydrogen) atoms. The van der Waals surface area contributed by atoms with Crippen molar-refractivity contribution < 1.29 is 4.79 Å². The molecule has 0 atom stereocenters. The van der Waals surface area contributed by atoms with Crippen molar-refractivity contribution in [2.45, 2.75) is 26.9 Å². The van der Waals surface area contributed by atoms with Crippen LogP contribution in [0.3, 0.4) is 0 Å². The molecule has 0 aliphatic carbocycles. The van der Waals surface area contributed by atoms with Crippen LogP contribution in [0.5, 0.6) is 0 Å². The van der Waals surface area contributed by atoms with Crippen LogP contribution < -0.4 is 5.73 Å². The van der Waals surface area contributed by atoms with Crippen LogP contribution in [-0.4, -0.2) is 39.4 Å². The Bertz CT molecular complexity index is 635. The van der Waals surface area contributed by atoms with E-state index in [0.29, 0.717) is 25.3 Å². The van der Waals surface area contributed by atoms with Gasteiger partial charge in [-0.2, -0.15) is 0 Å². The number of nitrogens with two attached hydrogens (primary N) is 1. The molecular weight excluding hydrogens is 266 g/mol. The predicted molar refractivity (Wildman–Crippen MR) is 80.8 cm³/mol. The Balaban J connectivity index is 2.08. The Morgan fingerprint density at radius 1 is 1.38 bits per heavy atom. The number of aryl methyl sites for hydroxylation is 2. The van der Waals surface area contributed by atoms with Crippen LogP contribution in [0.1, 0.15) is 27.2 Å². The molecule has 2 rings (SSSR count). The number of nitrogens with zero attached hydrogens (tertiary/aromatic N) is 4. The molecule has 0 bridgehead atoms. The first-order valence-corrected chi connectivity index (χ1v) is 6.93. The van der Waals surface area contributed by atoms with Gasteiger partial charge >= 0.3 is 0 Å². The summed E-state index contributed by atoms with van der Waals surface area (Å²) in [4.78, 5) is 14.0. The van der Waals surface area contributed by atoms with Gasteiger partial charge in [-0.3, -0.25) is 9.48 Å². The van der Waals surface area contributed by atoms with Crippen molar-refractivity contribution in [3.05, 3.63) is 46.8 Å². The maximum atomic E-state index is 12.3. The zero-order valence-electron chi connectivity index (χ0n) is 12.7. The van der Waals surface area contributed by atoms with E-state index in [-0.39, 0.29) is 5.91 Å². The van der Waals surface area contributed by atoms with Gasteiger partial charge in [0.2, 0.25) is 0 Å². The van der Waals surface area contributed by atoms with Crippen molar-refractivity contribution in [2.24, 2.45) is 5.73 Å². The highest BCUT2D eigenvalue weighted by Crippen LogP contribution is 2.13. The standard InChI is InChI=1S/C15H21N5O/c1-11-4-5-13(12(2)8-11)9-19(3)15(21)14-10-20(7-6-16)18-17-14/h4-5,8,10H,6-7,9,16H2,1-3H3. The monoisotopic (exact) mass is 287 g/mol. The molecule has 6 nitrogen and oxygen atoms in total. The van der Waals surface area contributed by atoms with Crippen molar-refractivity contribution in [2.75, 3.05) is 13.6 Å². The van der Waals surface area contributed by atoms with Crippen LogP contribution >= 0.6 is 0 Å². The Morgan fingerprint density at radius 3 is 2.81 bits per heavy atom. The fourth-order valence-corrected chi connectivity index (χ4v) is 2.18. The number of hydrogen-bond donors (Lipinski definition) is 1. The molecule has 1 amide bonds. The summed E-state index contributed by atoms with van der Waals surface area (Å²) in [6.07, 6.45) is 1.63. The molecule has 1 heterocycles. The van der Waals surface area contributed by atoms with Gasteiger partial charge in [0.15, 0.2) is 5.69 Å². The Kier molecular flexibility index (Phi) is 4.70. The van der Waals surface area contributed by atoms with E-state index in [1.807, 2.05) is 0 Å². The number of benzene rings is 1. The van der Waals surface area contributed by atoms with Crippen molar-refractivity contribution in [1.29, 1.82) is 0 Å². The molecular formula is C15H21N5O. The van der Waals surface area contributed by atoms with Crippen LogP contribution in [0.25, 0.3) is 0 Å². The highest BCUT2D eigenvalue weighted by atomic mass is 16.2. The summed E-state index contributed by atoms with van der Waals surface area (Å²) < 4.78 is 1.58. The van der Waals surface area contributed by atoms with E-state index >= 15 is 0 Å². The molecule has 0 aliphatic rings. The van der Waals surface area contributed by atoms with Crippen molar-refractivity contribution >= 4 is 5.91 Å². The Hall–Kier alpha value is -2.21. The first-order valence-electron chi connectivity index (χ1n) is 6.93. The summed E-state index contributed by atoms with van der Waals surface area (Å²) in [6, 6.07) is 6.23. The minimum absolute atomic E-state index is 0.141. The number of carbonyl (C=O) groups is 1. The predicted octanol–water partition coefficient (Wildman–Crippen LogP) is 1.13. The Morgan fingerprint density at radius 2 is 2.14 bits per heavy atom. The maximum Gasteiger partial charge on any atom is 0.276 e. The number of amides is 1. The van der Waals surface area contributed by atoms with E-state index < -0.39 is 0 Å². The van der Waals surface area contributed by atoms with E-state index in [2.05, 4.69) is 42.4 Å². The van der Waals surface area contributed by atoms with Gasteiger partial charge in [0, 0.05) is 20.1 Å². The Labute approximate surface area is 124 Å². The average Bonchev–Trinajstić information content (AvgIpc) is 2.90. The van der Waals surface area contributed by atoms with Gasteiger partial charge in [0.25, 0.3) is 5.91 Å². The summed E-state index contributed by atoms with van der Waals surface area (Å²) >= 11 is 0. The van der Waals surface area contributed by atoms with Crippen molar-refractivity contribution in [3.63, 3.8) is 0 Å². The van der Waals surface area contributed by atoms with Gasteiger partial charge in [0.1, 0.15) is 0 Å². The third-order valence-corrected chi connectivity index (χ3v) is 3.37. The van der Waals surface area contributed by atoms with Gasteiger partial charge in [0.05, 0.1) is 12.7 Å². The van der Waals surface area contributed by atoms with Gasteiger partial charge < -0.3 is 10.6 Å². The first-order chi connectivity index (χ1) is 10.0. The number of aromatic nitrogens is 3. The second-order valence-corrected chi connectivity index (χ2v) is 5.25. The number of carbonyl (C=O) groups excluding carboxylic acids is 1. The highest BCUT2D eigenvalue weighted by molar-refractivity contribution is 5.91. The largest absolute Gasteiger partial charge is 0.336 e. The second-order valence-electron chi connectivity index (χ2n) is 5.25. The molecule has 0 aliphatic heterocycles. The van der Waals surface area contributed by atoms with E-state index in [0.717, 1.165) is 5.56 Å². The lowest BCUT2D eigenvalue weighted by Crippen LogP contribution is -2.27. The lowest BCUT2D eigenvalue weighted by Gasteiger charge is -2.17. The van der Waals surface area contributed by atoms with E-state index in [1.165, 1.54) is 11.1 Å². The molecule has 0 fully saturated rings. The molecule has 2 N–H and O–H groups in total. The number of hydrogen-bond acceptors (Lipinski definition) is 4. The highest BCUT2D eigenvalue weighted by Gasteiger charge is 2.16. The van der Waals surface area contributed by atoms with Crippen LogP contribution in [-0.2, 0) is 13.1 Å². The molecule has 1 aromatic carbocycles. The SMILES string of the molecule is Cc1ccc(CN(C)C(=O)c2cn(CCN)nn2)c(C)c1. The number of rotatable bonds is 5. The summed E-state index contributed by atoms with van der Waals surface area (Å²) in [6.45, 7) is 5.69. The molecule has 1 aromatic heterocycles. The van der Waals surface area contributed by atoms with Gasteiger partial charge in [-0.05, 0) is 25.0 Å². The van der Waals surface area contributed by atoms with Gasteiger partial charge in [-0.1, -0.05) is 29.0 Å². The molecule has 2 aromatic rings. The lowest BCUT2D eigenvalue weighted by molar-refractivity contribution is 0.0779. The first kappa shape index (κ1) is 15.2. The summed E-state index contributed by atoms with van der Waals surface area (Å²) in [5.74, 6) is -0.141. The quantitative estimate of drug-likeness (QED) is 0.894. The summed E-state index contributed by atoms with van der Waals surface area (Å²) in [5, 5.41) is 7.78. The molecule has 0 radical (unpaired) electrons. The molecule has 112 valence electrons. The maximum absolute atomic E-state index is 12.3. The fourth-order valence-electron chi connectivity index (χ4n) is 2.18. The van der Waals surface area contributed by atoms with Crippen LogP contribution in [0, 0.1) is 13.8 Å². The minimum Gasteiger partial charge on any atom is -0.336 e. The fraction of sp³-hybridized carbons (Fsp3) is 0.400. The zero-order valence-corrected chi connectivity index (χ0v) is 12.7. The molecule has 0 spiro atoms. The average molecular weight is 287 g/mol. The molecule has 0 saturated heterocycles. The van der Waals surface area contributed by atoms with E-state index in [9.17, 15) is 4.79 Å². The molecule has 0 unspecified atom stereocenters. The minimum atomic E-state index is -0.141. The van der Waals surface area contributed by atoms with Crippen LogP contribution in [0.4, 0.5) is 0 Å². The lowest BCUT2D eigenvalue weighted by atomic mass is 10.1. The normalized spacial score (nSPS) is 10.7. The van der Waals surface area contributed by atoms with Crippen molar-refractivity contribution in [1.82, 2.24) is 19.9 Å². The molecule has 6 heteroatoms. The second kappa shape index (κ2) is 6.49. The third kappa shape index (κ3) is 3.66. The van der Waals surface area contributed by atoms with E-state index in [4.69, 9.17) is 5.73 Å². The van der Waals surface area contributed by atoms with Crippen LogP contribution in [0.2, 0.25) is 0 Å². The zero-order chi connectivity index (χ0) is 15.4. The van der Waals surface area contributed by atoms with Crippen molar-refractivity contribution in [3.8, 4) is 0 Å². The third-order valence-electron chi connectivity index (χ3n) is 3.37. The van der Waals surface area contributed by atoms with E-state index in [1.54, 1.807) is 22.8 Å². The van der Waals surface area contributed by atoms with Gasteiger partial charge in [-0.15, -0.1) is 5.10 Å².